The van der Waals surface area contributed by atoms with Gasteiger partial charge in [-0.1, -0.05) is 60.7 Å². The van der Waals surface area contributed by atoms with Gasteiger partial charge in [-0.3, -0.25) is 0 Å². The molecule has 1 aliphatic heterocycles. The molecular weight excluding hydrogens is 326 g/mol. The van der Waals surface area contributed by atoms with Crippen molar-refractivity contribution >= 4 is 6.09 Å². The van der Waals surface area contributed by atoms with Crippen molar-refractivity contribution in [3.05, 3.63) is 71.8 Å². The number of carbonyl (C=O) groups excluding carboxylic acids is 1. The van der Waals surface area contributed by atoms with Gasteiger partial charge in [0.1, 0.15) is 6.61 Å². The first-order valence-electron chi connectivity index (χ1n) is 9.39. The van der Waals surface area contributed by atoms with Crippen LogP contribution in [0.4, 0.5) is 4.79 Å². The molecule has 0 saturated carbocycles. The number of benzene rings is 2. The third-order valence-electron chi connectivity index (χ3n) is 5.24. The molecule has 1 amide bonds. The van der Waals surface area contributed by atoms with Crippen molar-refractivity contribution in [1.82, 2.24) is 4.90 Å². The molecule has 0 bridgehead atoms. The summed E-state index contributed by atoms with van der Waals surface area (Å²) >= 11 is 0. The highest BCUT2D eigenvalue weighted by Gasteiger charge is 2.29. The van der Waals surface area contributed by atoms with E-state index in [1.165, 1.54) is 5.56 Å². The minimum atomic E-state index is -0.231. The summed E-state index contributed by atoms with van der Waals surface area (Å²) in [5.74, 6) is 0.839. The van der Waals surface area contributed by atoms with E-state index in [-0.39, 0.29) is 12.7 Å². The number of hydrogen-bond donors (Lipinski definition) is 1. The van der Waals surface area contributed by atoms with E-state index in [1.807, 2.05) is 36.4 Å². The topological polar surface area (TPSA) is 49.8 Å². The highest BCUT2D eigenvalue weighted by Crippen LogP contribution is 2.35. The number of ether oxygens (including phenoxy) is 1. The number of aliphatic hydroxyl groups is 1. The van der Waals surface area contributed by atoms with Gasteiger partial charge >= 0.3 is 6.09 Å². The summed E-state index contributed by atoms with van der Waals surface area (Å²) in [6.45, 7) is 1.94. The number of hydrogen-bond acceptors (Lipinski definition) is 3. The monoisotopic (exact) mass is 353 g/mol. The lowest BCUT2D eigenvalue weighted by atomic mass is 9.78. The van der Waals surface area contributed by atoms with E-state index in [0.717, 1.165) is 24.8 Å². The molecule has 2 aromatic carbocycles. The molecule has 138 valence electrons. The van der Waals surface area contributed by atoms with E-state index in [2.05, 4.69) is 24.3 Å². The van der Waals surface area contributed by atoms with E-state index in [1.54, 1.807) is 4.90 Å². The van der Waals surface area contributed by atoms with Crippen molar-refractivity contribution in [2.24, 2.45) is 5.92 Å². The molecule has 1 N–H and O–H groups in total. The van der Waals surface area contributed by atoms with Crippen LogP contribution < -0.4 is 0 Å². The number of likely N-dealkylation sites (tertiary alicyclic amines) is 1. The fourth-order valence-corrected chi connectivity index (χ4v) is 3.81. The van der Waals surface area contributed by atoms with Crippen LogP contribution in [0.2, 0.25) is 0 Å². The number of carbonyl (C=O) groups is 1. The normalized spacial score (nSPS) is 16.3. The minimum absolute atomic E-state index is 0.193. The number of piperidine rings is 1. The highest BCUT2D eigenvalue weighted by atomic mass is 16.6. The Labute approximate surface area is 155 Å². The first-order chi connectivity index (χ1) is 12.8. The van der Waals surface area contributed by atoms with Crippen LogP contribution >= 0.6 is 0 Å². The number of amides is 1. The van der Waals surface area contributed by atoms with Crippen LogP contribution in [-0.2, 0) is 11.3 Å². The summed E-state index contributed by atoms with van der Waals surface area (Å²) in [4.78, 5) is 14.1. The molecule has 0 unspecified atom stereocenters. The van der Waals surface area contributed by atoms with Crippen LogP contribution in [0.1, 0.15) is 36.3 Å². The summed E-state index contributed by atoms with van der Waals surface area (Å²) in [6.07, 6.45) is 2.43. The van der Waals surface area contributed by atoms with Crippen molar-refractivity contribution in [2.45, 2.75) is 31.8 Å². The average Bonchev–Trinajstić information content (AvgIpc) is 2.72. The standard InChI is InChI=1S/C22H27NO3/c24-16-13-21(19-9-5-2-6-10-19)20-11-14-23(15-12-20)22(25)26-17-18-7-3-1-4-8-18/h1-10,20-21,24H,11-17H2/t21-/m0/s1. The summed E-state index contributed by atoms with van der Waals surface area (Å²) in [5, 5.41) is 9.46. The largest absolute Gasteiger partial charge is 0.445 e. The Morgan fingerprint density at radius 1 is 1.04 bits per heavy atom. The maximum Gasteiger partial charge on any atom is 0.410 e. The van der Waals surface area contributed by atoms with E-state index in [4.69, 9.17) is 4.74 Å². The second kappa shape index (κ2) is 9.39. The van der Waals surface area contributed by atoms with Gasteiger partial charge < -0.3 is 14.7 Å². The van der Waals surface area contributed by atoms with Gasteiger partial charge in [0, 0.05) is 19.7 Å². The quantitative estimate of drug-likeness (QED) is 0.847. The molecule has 3 rings (SSSR count). The average molecular weight is 353 g/mol. The van der Waals surface area contributed by atoms with Gasteiger partial charge in [0.2, 0.25) is 0 Å². The Kier molecular flexibility index (Phi) is 6.67. The van der Waals surface area contributed by atoms with Gasteiger partial charge in [0.05, 0.1) is 0 Å². The zero-order valence-electron chi connectivity index (χ0n) is 15.1. The molecule has 1 atom stereocenters. The lowest BCUT2D eigenvalue weighted by Crippen LogP contribution is -2.40. The molecule has 4 nitrogen and oxygen atoms in total. The van der Waals surface area contributed by atoms with Crippen molar-refractivity contribution < 1.29 is 14.6 Å². The first-order valence-corrected chi connectivity index (χ1v) is 9.39. The minimum Gasteiger partial charge on any atom is -0.445 e. The molecule has 4 heteroatoms. The van der Waals surface area contributed by atoms with E-state index >= 15 is 0 Å². The predicted octanol–water partition coefficient (Wildman–Crippen LogP) is 4.20. The van der Waals surface area contributed by atoms with E-state index < -0.39 is 0 Å². The Morgan fingerprint density at radius 3 is 2.27 bits per heavy atom. The van der Waals surface area contributed by atoms with Gasteiger partial charge in [-0.2, -0.15) is 0 Å². The van der Waals surface area contributed by atoms with Gasteiger partial charge in [0.25, 0.3) is 0 Å². The molecule has 1 saturated heterocycles. The number of nitrogens with zero attached hydrogens (tertiary/aromatic N) is 1. The molecule has 0 aliphatic carbocycles. The zero-order chi connectivity index (χ0) is 18.2. The Hall–Kier alpha value is -2.33. The molecule has 1 fully saturated rings. The maximum absolute atomic E-state index is 12.3. The van der Waals surface area contributed by atoms with Crippen LogP contribution in [0.25, 0.3) is 0 Å². The van der Waals surface area contributed by atoms with Crippen molar-refractivity contribution in [1.29, 1.82) is 0 Å². The van der Waals surface area contributed by atoms with Crippen LogP contribution in [-0.4, -0.2) is 35.8 Å². The molecule has 1 heterocycles. The van der Waals surface area contributed by atoms with Gasteiger partial charge in [-0.15, -0.1) is 0 Å². The molecule has 26 heavy (non-hydrogen) atoms. The number of aliphatic hydroxyl groups excluding tert-OH is 1. The second-order valence-electron chi connectivity index (χ2n) is 6.89. The van der Waals surface area contributed by atoms with Gasteiger partial charge in [-0.05, 0) is 42.2 Å². The Bertz CT molecular complexity index is 666. The molecule has 0 spiro atoms. The van der Waals surface area contributed by atoms with Crippen LogP contribution in [0, 0.1) is 5.92 Å². The Balaban J connectivity index is 1.52. The molecule has 0 radical (unpaired) electrons. The summed E-state index contributed by atoms with van der Waals surface area (Å²) in [5.41, 5.74) is 2.29. The van der Waals surface area contributed by atoms with Crippen molar-refractivity contribution in [3.63, 3.8) is 0 Å². The Morgan fingerprint density at radius 2 is 1.65 bits per heavy atom. The third kappa shape index (κ3) is 4.85. The summed E-state index contributed by atoms with van der Waals surface area (Å²) < 4.78 is 5.44. The lowest BCUT2D eigenvalue weighted by molar-refractivity contribution is 0.0782. The van der Waals surface area contributed by atoms with Crippen LogP contribution in [0.3, 0.4) is 0 Å². The van der Waals surface area contributed by atoms with E-state index in [9.17, 15) is 9.90 Å². The second-order valence-corrected chi connectivity index (χ2v) is 6.89. The first kappa shape index (κ1) is 18.5. The van der Waals surface area contributed by atoms with E-state index in [0.29, 0.717) is 31.5 Å². The summed E-state index contributed by atoms with van der Waals surface area (Å²) in [7, 11) is 0. The van der Waals surface area contributed by atoms with Crippen molar-refractivity contribution in [3.8, 4) is 0 Å². The molecular formula is C22H27NO3. The predicted molar refractivity (Wildman–Crippen MR) is 102 cm³/mol. The molecule has 0 aromatic heterocycles. The van der Waals surface area contributed by atoms with Crippen LogP contribution in [0.15, 0.2) is 60.7 Å². The van der Waals surface area contributed by atoms with Crippen LogP contribution in [0.5, 0.6) is 0 Å². The smallest absolute Gasteiger partial charge is 0.410 e. The third-order valence-corrected chi connectivity index (χ3v) is 5.24. The lowest BCUT2D eigenvalue weighted by Gasteiger charge is -2.35. The fraction of sp³-hybridized carbons (Fsp3) is 0.409. The van der Waals surface area contributed by atoms with Crippen molar-refractivity contribution in [2.75, 3.05) is 19.7 Å². The van der Waals surface area contributed by atoms with Gasteiger partial charge in [-0.25, -0.2) is 4.79 Å². The maximum atomic E-state index is 12.3. The SMILES string of the molecule is O=C(OCc1ccccc1)N1CCC([C@@H](CCO)c2ccccc2)CC1. The highest BCUT2D eigenvalue weighted by molar-refractivity contribution is 5.67. The number of rotatable bonds is 6. The van der Waals surface area contributed by atoms with Gasteiger partial charge in [0.15, 0.2) is 0 Å². The summed E-state index contributed by atoms with van der Waals surface area (Å²) in [6, 6.07) is 20.2. The molecule has 2 aromatic rings. The fourth-order valence-electron chi connectivity index (χ4n) is 3.81. The zero-order valence-corrected chi connectivity index (χ0v) is 15.1. The molecule has 1 aliphatic rings.